The van der Waals surface area contributed by atoms with Crippen LogP contribution in [-0.4, -0.2) is 33.4 Å². The van der Waals surface area contributed by atoms with Crippen LogP contribution in [0.1, 0.15) is 10.4 Å². The van der Waals surface area contributed by atoms with Gasteiger partial charge in [0, 0.05) is 24.2 Å². The number of benzene rings is 1. The predicted molar refractivity (Wildman–Crippen MR) is 90.8 cm³/mol. The van der Waals surface area contributed by atoms with E-state index < -0.39 is 0 Å². The zero-order chi connectivity index (χ0) is 17.1. The maximum Gasteiger partial charge on any atom is 0.255 e. The van der Waals surface area contributed by atoms with Crippen LogP contribution in [0, 0.1) is 0 Å². The molecule has 1 amide bonds. The Morgan fingerprint density at radius 2 is 2.00 bits per heavy atom. The molecule has 1 aliphatic heterocycles. The Bertz CT molecular complexity index is 879. The number of nitrogens with zero attached hydrogens (tertiary/aromatic N) is 3. The predicted octanol–water partition coefficient (Wildman–Crippen LogP) is 2.37. The van der Waals surface area contributed by atoms with Crippen molar-refractivity contribution in [1.82, 2.24) is 14.8 Å². The molecule has 0 bridgehead atoms. The molecule has 7 nitrogen and oxygen atoms in total. The van der Waals surface area contributed by atoms with Crippen molar-refractivity contribution in [2.45, 2.75) is 12.6 Å². The number of rotatable bonds is 4. The minimum atomic E-state index is -0.201. The summed E-state index contributed by atoms with van der Waals surface area (Å²) in [5, 5.41) is 7.08. The fourth-order valence-corrected chi connectivity index (χ4v) is 2.60. The van der Waals surface area contributed by atoms with Crippen LogP contribution in [0.3, 0.4) is 0 Å². The number of nitrogens with one attached hydrogen (secondary N) is 1. The first-order chi connectivity index (χ1) is 12.3. The van der Waals surface area contributed by atoms with Crippen molar-refractivity contribution >= 4 is 11.6 Å². The zero-order valence-corrected chi connectivity index (χ0v) is 13.3. The molecule has 1 N–H and O–H groups in total. The van der Waals surface area contributed by atoms with Gasteiger partial charge in [-0.25, -0.2) is 0 Å². The van der Waals surface area contributed by atoms with Crippen molar-refractivity contribution in [2.24, 2.45) is 0 Å². The average Bonchev–Trinajstić information content (AvgIpc) is 3.09. The van der Waals surface area contributed by atoms with Crippen molar-refractivity contribution in [3.63, 3.8) is 0 Å². The van der Waals surface area contributed by atoms with E-state index in [1.54, 1.807) is 41.6 Å². The van der Waals surface area contributed by atoms with Gasteiger partial charge in [-0.2, -0.15) is 5.10 Å². The Morgan fingerprint density at radius 3 is 2.84 bits per heavy atom. The second-order valence-electron chi connectivity index (χ2n) is 5.64. The molecule has 25 heavy (non-hydrogen) atoms. The highest BCUT2D eigenvalue weighted by molar-refractivity contribution is 6.03. The maximum atomic E-state index is 12.1. The minimum absolute atomic E-state index is 0.140. The van der Waals surface area contributed by atoms with Gasteiger partial charge in [0.25, 0.3) is 5.91 Å². The summed E-state index contributed by atoms with van der Waals surface area (Å²) in [5.41, 5.74) is 1.17. The molecular formula is C18H16N4O3. The summed E-state index contributed by atoms with van der Waals surface area (Å²) in [5.74, 6) is 1.29. The van der Waals surface area contributed by atoms with E-state index in [0.29, 0.717) is 24.4 Å². The molecule has 1 aliphatic rings. The van der Waals surface area contributed by atoms with Crippen LogP contribution in [0.4, 0.5) is 5.69 Å². The number of para-hydroxylation sites is 2. The summed E-state index contributed by atoms with van der Waals surface area (Å²) in [6.45, 7) is 0.981. The maximum absolute atomic E-state index is 12.1. The van der Waals surface area contributed by atoms with Gasteiger partial charge in [-0.3, -0.25) is 14.5 Å². The van der Waals surface area contributed by atoms with Crippen molar-refractivity contribution in [3.8, 4) is 11.5 Å². The smallest absolute Gasteiger partial charge is 0.255 e. The molecule has 3 aromatic rings. The van der Waals surface area contributed by atoms with Crippen molar-refractivity contribution in [2.75, 3.05) is 11.9 Å². The highest BCUT2D eigenvalue weighted by Crippen LogP contribution is 2.31. The number of carbonyl (C=O) groups excluding carboxylic acids is 1. The third kappa shape index (κ3) is 3.45. The number of amides is 1. The molecular weight excluding hydrogens is 320 g/mol. The van der Waals surface area contributed by atoms with Crippen molar-refractivity contribution in [3.05, 3.63) is 66.7 Å². The summed E-state index contributed by atoms with van der Waals surface area (Å²) >= 11 is 0. The van der Waals surface area contributed by atoms with Crippen LogP contribution >= 0.6 is 0 Å². The highest BCUT2D eigenvalue weighted by Gasteiger charge is 2.21. The monoisotopic (exact) mass is 336 g/mol. The topological polar surface area (TPSA) is 78.3 Å². The van der Waals surface area contributed by atoms with E-state index in [-0.39, 0.29) is 12.0 Å². The van der Waals surface area contributed by atoms with Gasteiger partial charge in [-0.05, 0) is 24.3 Å². The lowest BCUT2D eigenvalue weighted by atomic mass is 10.2. The van der Waals surface area contributed by atoms with Crippen LogP contribution < -0.4 is 14.8 Å². The van der Waals surface area contributed by atoms with Crippen LogP contribution in [0.15, 0.2) is 61.2 Å². The molecule has 0 saturated heterocycles. The average molecular weight is 336 g/mol. The minimum Gasteiger partial charge on any atom is -0.486 e. The molecule has 1 atom stereocenters. The van der Waals surface area contributed by atoms with Gasteiger partial charge < -0.3 is 14.8 Å². The van der Waals surface area contributed by atoms with Crippen molar-refractivity contribution in [1.29, 1.82) is 0 Å². The quantitative estimate of drug-likeness (QED) is 0.791. The summed E-state index contributed by atoms with van der Waals surface area (Å²) in [4.78, 5) is 16.0. The molecule has 3 heterocycles. The zero-order valence-electron chi connectivity index (χ0n) is 13.3. The Balaban J connectivity index is 1.38. The second-order valence-corrected chi connectivity index (χ2v) is 5.64. The first-order valence-corrected chi connectivity index (χ1v) is 7.90. The third-order valence-corrected chi connectivity index (χ3v) is 3.79. The fraction of sp³-hybridized carbons (Fsp3) is 0.167. The van der Waals surface area contributed by atoms with Gasteiger partial charge in [0.05, 0.1) is 18.4 Å². The highest BCUT2D eigenvalue weighted by atomic mass is 16.6. The first-order valence-electron chi connectivity index (χ1n) is 7.90. The molecule has 1 aromatic carbocycles. The van der Waals surface area contributed by atoms with E-state index in [1.165, 1.54) is 0 Å². The number of pyridine rings is 1. The normalized spacial score (nSPS) is 15.6. The Morgan fingerprint density at radius 1 is 1.20 bits per heavy atom. The molecule has 0 fully saturated rings. The van der Waals surface area contributed by atoms with Crippen molar-refractivity contribution < 1.29 is 14.3 Å². The second kappa shape index (κ2) is 6.64. The summed E-state index contributed by atoms with van der Waals surface area (Å²) < 4.78 is 13.3. The molecule has 1 unspecified atom stereocenters. The Hall–Kier alpha value is -3.35. The fourth-order valence-electron chi connectivity index (χ4n) is 2.60. The molecule has 4 rings (SSSR count). The van der Waals surface area contributed by atoms with Crippen LogP contribution in [0.2, 0.25) is 0 Å². The molecule has 7 heteroatoms. The summed E-state index contributed by atoms with van der Waals surface area (Å²) in [6, 6.07) is 10.9. The molecule has 0 radical (unpaired) electrons. The van der Waals surface area contributed by atoms with E-state index in [2.05, 4.69) is 15.4 Å². The van der Waals surface area contributed by atoms with E-state index >= 15 is 0 Å². The van der Waals surface area contributed by atoms with Crippen LogP contribution in [-0.2, 0) is 6.54 Å². The lowest BCUT2D eigenvalue weighted by molar-refractivity contribution is 0.0759. The summed E-state index contributed by atoms with van der Waals surface area (Å²) in [7, 11) is 0. The molecule has 0 aliphatic carbocycles. The SMILES string of the molecule is O=C(Nc1cnn(CC2COc3ccccc3O2)c1)c1ccncc1. The van der Waals surface area contributed by atoms with E-state index in [0.717, 1.165) is 11.5 Å². The third-order valence-electron chi connectivity index (χ3n) is 3.79. The van der Waals surface area contributed by atoms with Gasteiger partial charge >= 0.3 is 0 Å². The van der Waals surface area contributed by atoms with E-state index in [4.69, 9.17) is 9.47 Å². The van der Waals surface area contributed by atoms with E-state index in [9.17, 15) is 4.79 Å². The molecule has 0 spiro atoms. The number of ether oxygens (including phenoxy) is 2. The number of aromatic nitrogens is 3. The Kier molecular flexibility index (Phi) is 4.04. The summed E-state index contributed by atoms with van der Waals surface area (Å²) in [6.07, 6.45) is 6.39. The van der Waals surface area contributed by atoms with Crippen LogP contribution in [0.25, 0.3) is 0 Å². The van der Waals surface area contributed by atoms with Gasteiger partial charge in [0.15, 0.2) is 17.6 Å². The van der Waals surface area contributed by atoms with Crippen LogP contribution in [0.5, 0.6) is 11.5 Å². The molecule has 126 valence electrons. The number of anilines is 1. The van der Waals surface area contributed by atoms with Gasteiger partial charge in [-0.1, -0.05) is 12.1 Å². The lowest BCUT2D eigenvalue weighted by Crippen LogP contribution is -2.33. The lowest BCUT2D eigenvalue weighted by Gasteiger charge is -2.26. The van der Waals surface area contributed by atoms with Gasteiger partial charge in [0.1, 0.15) is 6.61 Å². The number of hydrogen-bond acceptors (Lipinski definition) is 5. The molecule has 0 saturated carbocycles. The van der Waals surface area contributed by atoms with E-state index in [1.807, 2.05) is 24.3 Å². The molecule has 2 aromatic heterocycles. The Labute approximate surface area is 144 Å². The number of carbonyl (C=O) groups is 1. The van der Waals surface area contributed by atoms with Gasteiger partial charge in [-0.15, -0.1) is 0 Å². The standard InChI is InChI=1S/C18H16N4O3/c23-18(13-5-7-19-8-6-13)21-14-9-20-22(10-14)11-15-12-24-16-3-1-2-4-17(16)25-15/h1-10,15H,11-12H2,(H,21,23). The first kappa shape index (κ1) is 15.2. The van der Waals surface area contributed by atoms with Gasteiger partial charge in [0.2, 0.25) is 0 Å². The number of hydrogen-bond donors (Lipinski definition) is 1. The number of fused-ring (bicyclic) bond motifs is 1. The largest absolute Gasteiger partial charge is 0.486 e.